The molecule has 1 fully saturated rings. The summed E-state index contributed by atoms with van der Waals surface area (Å²) in [7, 11) is 1.78. The quantitative estimate of drug-likeness (QED) is 0.756. The van der Waals surface area contributed by atoms with Crippen LogP contribution in [0.1, 0.15) is 12.8 Å². The van der Waals surface area contributed by atoms with Crippen molar-refractivity contribution in [2.45, 2.75) is 25.4 Å². The Labute approximate surface area is 107 Å². The number of halogens is 1. The van der Waals surface area contributed by atoms with E-state index in [9.17, 15) is 9.59 Å². The molecule has 1 aromatic rings. The van der Waals surface area contributed by atoms with Gasteiger partial charge in [-0.2, -0.15) is 5.10 Å². The fourth-order valence-electron chi connectivity index (χ4n) is 1.44. The minimum absolute atomic E-state index is 0.0305. The lowest BCUT2D eigenvalue weighted by molar-refractivity contribution is -0.131. The van der Waals surface area contributed by atoms with E-state index in [0.29, 0.717) is 6.04 Å². The van der Waals surface area contributed by atoms with Crippen LogP contribution in [0.25, 0.3) is 0 Å². The van der Waals surface area contributed by atoms with Gasteiger partial charge in [0.1, 0.15) is 6.54 Å². The van der Waals surface area contributed by atoms with Gasteiger partial charge in [0.15, 0.2) is 0 Å². The number of hydrogen-bond acceptors (Lipinski definition) is 3. The molecule has 0 aromatic carbocycles. The van der Waals surface area contributed by atoms with Crippen molar-refractivity contribution in [3.8, 4) is 0 Å². The Balaban J connectivity index is 2.08. The third kappa shape index (κ3) is 2.60. The van der Waals surface area contributed by atoms with E-state index in [-0.39, 0.29) is 18.0 Å². The normalized spacial score (nSPS) is 14.9. The number of nitrogens with zero attached hydrogens (tertiary/aromatic N) is 3. The zero-order valence-electron chi connectivity index (χ0n) is 8.89. The van der Waals surface area contributed by atoms with Crippen LogP contribution in [-0.2, 0) is 11.3 Å². The maximum atomic E-state index is 11.8. The van der Waals surface area contributed by atoms with Gasteiger partial charge in [-0.05, 0) is 35.4 Å². The van der Waals surface area contributed by atoms with Crippen LogP contribution in [0, 0.1) is 3.57 Å². The summed E-state index contributed by atoms with van der Waals surface area (Å²) in [6.45, 7) is 0.0305. The Morgan fingerprint density at radius 2 is 2.38 bits per heavy atom. The van der Waals surface area contributed by atoms with E-state index >= 15 is 0 Å². The minimum Gasteiger partial charge on any atom is -0.341 e. The summed E-state index contributed by atoms with van der Waals surface area (Å²) in [5, 5.41) is 3.93. The molecule has 0 aliphatic heterocycles. The summed E-state index contributed by atoms with van der Waals surface area (Å²) in [6.07, 6.45) is 3.71. The van der Waals surface area contributed by atoms with Gasteiger partial charge in [-0.25, -0.2) is 4.68 Å². The molecule has 1 aliphatic carbocycles. The fourth-order valence-corrected chi connectivity index (χ4v) is 1.83. The van der Waals surface area contributed by atoms with Crippen molar-refractivity contribution in [3.63, 3.8) is 0 Å². The first-order chi connectivity index (χ1) is 7.58. The van der Waals surface area contributed by atoms with Gasteiger partial charge in [0, 0.05) is 22.7 Å². The van der Waals surface area contributed by atoms with Crippen molar-refractivity contribution in [1.29, 1.82) is 0 Å². The number of likely N-dealkylation sites (N-methyl/N-ethyl adjacent to an activating group) is 1. The summed E-state index contributed by atoms with van der Waals surface area (Å²) in [5.41, 5.74) is -0.232. The molecule has 1 aromatic heterocycles. The van der Waals surface area contributed by atoms with E-state index in [1.54, 1.807) is 18.1 Å². The van der Waals surface area contributed by atoms with Crippen LogP contribution in [0.5, 0.6) is 0 Å². The summed E-state index contributed by atoms with van der Waals surface area (Å²) >= 11 is 2.02. The molecule has 2 rings (SSSR count). The molecule has 86 valence electrons. The zero-order valence-corrected chi connectivity index (χ0v) is 11.0. The zero-order chi connectivity index (χ0) is 11.7. The summed E-state index contributed by atoms with van der Waals surface area (Å²) < 4.78 is 1.98. The van der Waals surface area contributed by atoms with Crippen LogP contribution >= 0.6 is 22.6 Å². The Hall–Kier alpha value is -0.920. The summed E-state index contributed by atoms with van der Waals surface area (Å²) in [5.74, 6) is -0.0571. The van der Waals surface area contributed by atoms with E-state index in [2.05, 4.69) is 5.10 Å². The predicted molar refractivity (Wildman–Crippen MR) is 67.0 cm³/mol. The molecule has 5 nitrogen and oxygen atoms in total. The highest BCUT2D eigenvalue weighted by molar-refractivity contribution is 14.1. The van der Waals surface area contributed by atoms with Gasteiger partial charge in [-0.1, -0.05) is 0 Å². The number of carbonyl (C=O) groups is 1. The second-order valence-electron chi connectivity index (χ2n) is 3.91. The molecule has 6 heteroatoms. The highest BCUT2D eigenvalue weighted by Gasteiger charge is 2.29. The molecular formula is C10H12IN3O2. The van der Waals surface area contributed by atoms with Gasteiger partial charge in [0.25, 0.3) is 5.56 Å². The fraction of sp³-hybridized carbons (Fsp3) is 0.500. The lowest BCUT2D eigenvalue weighted by atomic mass is 10.4. The van der Waals surface area contributed by atoms with Crippen molar-refractivity contribution in [2.75, 3.05) is 7.05 Å². The maximum Gasteiger partial charge on any atom is 0.268 e. The second kappa shape index (κ2) is 4.52. The van der Waals surface area contributed by atoms with Gasteiger partial charge in [-0.15, -0.1) is 0 Å². The molecular weight excluding hydrogens is 321 g/mol. The molecule has 0 N–H and O–H groups in total. The van der Waals surface area contributed by atoms with Crippen molar-refractivity contribution < 1.29 is 4.79 Å². The average molecular weight is 333 g/mol. The molecule has 0 spiro atoms. The van der Waals surface area contributed by atoms with Crippen LogP contribution in [0.15, 0.2) is 17.1 Å². The van der Waals surface area contributed by atoms with Crippen LogP contribution in [0.3, 0.4) is 0 Å². The summed E-state index contributed by atoms with van der Waals surface area (Å²) in [6, 6.07) is 1.84. The van der Waals surface area contributed by atoms with Crippen molar-refractivity contribution in [2.24, 2.45) is 0 Å². The van der Waals surface area contributed by atoms with E-state index in [0.717, 1.165) is 16.4 Å². The Morgan fingerprint density at radius 1 is 1.69 bits per heavy atom. The highest BCUT2D eigenvalue weighted by atomic mass is 127. The van der Waals surface area contributed by atoms with Gasteiger partial charge in [0.2, 0.25) is 5.91 Å². The molecule has 0 atom stereocenters. The average Bonchev–Trinajstić information content (AvgIpc) is 3.04. The van der Waals surface area contributed by atoms with E-state index in [4.69, 9.17) is 0 Å². The lowest BCUT2D eigenvalue weighted by Crippen LogP contribution is -2.36. The molecule has 0 bridgehead atoms. The SMILES string of the molecule is CN(C(=O)Cn1ncc(I)cc1=O)C1CC1. The topological polar surface area (TPSA) is 55.2 Å². The van der Waals surface area contributed by atoms with Crippen LogP contribution in [-0.4, -0.2) is 33.7 Å². The number of hydrogen-bond donors (Lipinski definition) is 0. The van der Waals surface area contributed by atoms with Crippen LogP contribution < -0.4 is 5.56 Å². The largest absolute Gasteiger partial charge is 0.341 e. The van der Waals surface area contributed by atoms with Crippen molar-refractivity contribution in [3.05, 3.63) is 26.2 Å². The molecule has 1 aliphatic rings. The van der Waals surface area contributed by atoms with E-state index in [1.807, 2.05) is 22.6 Å². The third-order valence-electron chi connectivity index (χ3n) is 2.61. The van der Waals surface area contributed by atoms with E-state index in [1.165, 1.54) is 10.7 Å². The van der Waals surface area contributed by atoms with Gasteiger partial charge >= 0.3 is 0 Å². The predicted octanol–water partition coefficient (Wildman–Crippen LogP) is 0.469. The standard InChI is InChI=1S/C10H12IN3O2/c1-13(8-2-3-8)10(16)6-14-9(15)4-7(11)5-12-14/h4-5,8H,2-3,6H2,1H3. The summed E-state index contributed by atoms with van der Waals surface area (Å²) in [4.78, 5) is 25.0. The van der Waals surface area contributed by atoms with Gasteiger partial charge in [-0.3, -0.25) is 9.59 Å². The molecule has 1 amide bonds. The Bertz CT molecular complexity index is 467. The molecule has 0 saturated heterocycles. The van der Waals surface area contributed by atoms with Gasteiger partial charge in [0.05, 0.1) is 6.20 Å². The number of aromatic nitrogens is 2. The molecule has 0 radical (unpaired) electrons. The minimum atomic E-state index is -0.232. The Kier molecular flexibility index (Phi) is 3.27. The van der Waals surface area contributed by atoms with Crippen LogP contribution in [0.4, 0.5) is 0 Å². The lowest BCUT2D eigenvalue weighted by Gasteiger charge is -2.16. The number of carbonyl (C=O) groups excluding carboxylic acids is 1. The monoisotopic (exact) mass is 333 g/mol. The van der Waals surface area contributed by atoms with Gasteiger partial charge < -0.3 is 4.90 Å². The highest BCUT2D eigenvalue weighted by Crippen LogP contribution is 2.25. The smallest absolute Gasteiger partial charge is 0.268 e. The Morgan fingerprint density at radius 3 is 2.94 bits per heavy atom. The number of rotatable bonds is 3. The first kappa shape index (κ1) is 11.6. The second-order valence-corrected chi connectivity index (χ2v) is 5.15. The first-order valence-electron chi connectivity index (χ1n) is 5.06. The molecule has 0 unspecified atom stereocenters. The van der Waals surface area contributed by atoms with Crippen molar-refractivity contribution >= 4 is 28.5 Å². The van der Waals surface area contributed by atoms with Crippen molar-refractivity contribution in [1.82, 2.24) is 14.7 Å². The third-order valence-corrected chi connectivity index (χ3v) is 3.20. The first-order valence-corrected chi connectivity index (χ1v) is 6.14. The van der Waals surface area contributed by atoms with Crippen LogP contribution in [0.2, 0.25) is 0 Å². The number of amides is 1. The van der Waals surface area contributed by atoms with E-state index < -0.39 is 0 Å². The maximum absolute atomic E-state index is 11.8. The molecule has 1 saturated carbocycles. The molecule has 1 heterocycles. The molecule has 16 heavy (non-hydrogen) atoms.